The number of carbonyl (C=O) groups excluding carboxylic acids is 1. The molecule has 0 fully saturated rings. The molecule has 5 nitrogen and oxygen atoms in total. The summed E-state index contributed by atoms with van der Waals surface area (Å²) in [6.07, 6.45) is 0.344. The van der Waals surface area contributed by atoms with Crippen molar-refractivity contribution in [2.24, 2.45) is 0 Å². The number of benzene rings is 1. The van der Waals surface area contributed by atoms with Crippen molar-refractivity contribution < 1.29 is 4.79 Å². The Morgan fingerprint density at radius 1 is 1.37 bits per heavy atom. The molecule has 0 bridgehead atoms. The summed E-state index contributed by atoms with van der Waals surface area (Å²) in [5, 5.41) is 7.43. The molecule has 2 rings (SSSR count). The number of H-pyrrole nitrogens is 1. The number of carbonyl (C=O) groups is 1. The van der Waals surface area contributed by atoms with Crippen molar-refractivity contribution in [2.75, 3.05) is 7.05 Å². The van der Waals surface area contributed by atoms with Crippen LogP contribution in [0.1, 0.15) is 17.2 Å². The molecule has 0 saturated carbocycles. The normalized spacial score (nSPS) is 10.5. The van der Waals surface area contributed by atoms with E-state index in [4.69, 9.17) is 11.6 Å². The number of aryl methyl sites for hydroxylation is 1. The molecule has 1 heterocycles. The number of hydrogen-bond donors (Lipinski definition) is 1. The Morgan fingerprint density at radius 3 is 2.63 bits per heavy atom. The van der Waals surface area contributed by atoms with E-state index >= 15 is 0 Å². The molecular weight excluding hydrogens is 264 g/mol. The average Bonchev–Trinajstić information content (AvgIpc) is 2.77. The monoisotopic (exact) mass is 278 g/mol. The highest BCUT2D eigenvalue weighted by Crippen LogP contribution is 2.11. The van der Waals surface area contributed by atoms with Crippen LogP contribution in [-0.2, 0) is 17.8 Å². The maximum absolute atomic E-state index is 12.0. The molecule has 0 unspecified atom stereocenters. The molecule has 0 saturated heterocycles. The van der Waals surface area contributed by atoms with Crippen LogP contribution in [-0.4, -0.2) is 33.0 Å². The molecule has 0 radical (unpaired) electrons. The fraction of sp³-hybridized carbons (Fsp3) is 0.308. The minimum atomic E-state index is 0.0183. The minimum Gasteiger partial charge on any atom is -0.338 e. The number of rotatable bonds is 4. The van der Waals surface area contributed by atoms with Gasteiger partial charge < -0.3 is 4.90 Å². The van der Waals surface area contributed by atoms with Gasteiger partial charge in [0.2, 0.25) is 5.91 Å². The summed E-state index contributed by atoms with van der Waals surface area (Å²) in [5.74, 6) is 1.38. The van der Waals surface area contributed by atoms with E-state index in [9.17, 15) is 4.79 Å². The standard InChI is InChI=1S/C13H15ClN4O/c1-9-15-12(17-16-9)8-18(2)13(19)7-10-3-5-11(14)6-4-10/h3-6H,7-8H2,1-2H3,(H,15,16,17). The van der Waals surface area contributed by atoms with Gasteiger partial charge >= 0.3 is 0 Å². The topological polar surface area (TPSA) is 61.9 Å². The molecule has 0 aliphatic rings. The Labute approximate surface area is 116 Å². The van der Waals surface area contributed by atoms with Gasteiger partial charge in [-0.3, -0.25) is 9.89 Å². The number of likely N-dealkylation sites (N-methyl/N-ethyl adjacent to an activating group) is 1. The van der Waals surface area contributed by atoms with Crippen LogP contribution in [0.5, 0.6) is 0 Å². The number of nitrogens with one attached hydrogen (secondary N) is 1. The lowest BCUT2D eigenvalue weighted by molar-refractivity contribution is -0.129. The lowest BCUT2D eigenvalue weighted by atomic mass is 10.1. The number of halogens is 1. The Morgan fingerprint density at radius 2 is 2.05 bits per heavy atom. The molecule has 1 aromatic heterocycles. The quantitative estimate of drug-likeness (QED) is 0.930. The number of aromatic amines is 1. The fourth-order valence-corrected chi connectivity index (χ4v) is 1.80. The van der Waals surface area contributed by atoms with E-state index < -0.39 is 0 Å². The van der Waals surface area contributed by atoms with Crippen molar-refractivity contribution in [1.29, 1.82) is 0 Å². The van der Waals surface area contributed by atoms with E-state index in [1.807, 2.05) is 19.1 Å². The minimum absolute atomic E-state index is 0.0183. The average molecular weight is 279 g/mol. The van der Waals surface area contributed by atoms with Crippen LogP contribution in [0.4, 0.5) is 0 Å². The zero-order valence-corrected chi connectivity index (χ0v) is 11.6. The summed E-state index contributed by atoms with van der Waals surface area (Å²) in [6, 6.07) is 7.27. The largest absolute Gasteiger partial charge is 0.338 e. The van der Waals surface area contributed by atoms with Gasteiger partial charge in [-0.2, -0.15) is 5.10 Å². The smallest absolute Gasteiger partial charge is 0.227 e. The fourth-order valence-electron chi connectivity index (χ4n) is 1.67. The second-order valence-corrected chi connectivity index (χ2v) is 4.83. The van der Waals surface area contributed by atoms with Gasteiger partial charge in [-0.05, 0) is 24.6 Å². The number of hydrogen-bond acceptors (Lipinski definition) is 3. The lowest BCUT2D eigenvalue weighted by Crippen LogP contribution is -2.28. The van der Waals surface area contributed by atoms with Crippen molar-refractivity contribution >= 4 is 17.5 Å². The maximum atomic E-state index is 12.0. The molecule has 1 N–H and O–H groups in total. The molecule has 0 aliphatic heterocycles. The van der Waals surface area contributed by atoms with Crippen LogP contribution >= 0.6 is 11.6 Å². The van der Waals surface area contributed by atoms with Gasteiger partial charge in [0.1, 0.15) is 5.82 Å². The molecular formula is C13H15ClN4O. The van der Waals surface area contributed by atoms with Gasteiger partial charge in [0, 0.05) is 12.1 Å². The highest BCUT2D eigenvalue weighted by atomic mass is 35.5. The summed E-state index contributed by atoms with van der Waals surface area (Å²) in [4.78, 5) is 17.8. The first-order valence-corrected chi connectivity index (χ1v) is 6.28. The third kappa shape index (κ3) is 3.79. The third-order valence-electron chi connectivity index (χ3n) is 2.72. The second kappa shape index (κ2) is 5.84. The van der Waals surface area contributed by atoms with Crippen LogP contribution in [0.2, 0.25) is 5.02 Å². The molecule has 1 amide bonds. The number of amides is 1. The zero-order valence-electron chi connectivity index (χ0n) is 10.9. The van der Waals surface area contributed by atoms with Crippen molar-refractivity contribution in [1.82, 2.24) is 20.1 Å². The van der Waals surface area contributed by atoms with Crippen LogP contribution in [0, 0.1) is 6.92 Å². The highest BCUT2D eigenvalue weighted by molar-refractivity contribution is 6.30. The highest BCUT2D eigenvalue weighted by Gasteiger charge is 2.12. The van der Waals surface area contributed by atoms with Crippen LogP contribution < -0.4 is 0 Å². The first-order chi connectivity index (χ1) is 9.04. The predicted octanol–water partition coefficient (Wildman–Crippen LogP) is 1.97. The zero-order chi connectivity index (χ0) is 13.8. The van der Waals surface area contributed by atoms with Crippen LogP contribution in [0.15, 0.2) is 24.3 Å². The van der Waals surface area contributed by atoms with Gasteiger partial charge in [-0.25, -0.2) is 4.98 Å². The van der Waals surface area contributed by atoms with Gasteiger partial charge in [0.15, 0.2) is 5.82 Å². The number of aromatic nitrogens is 3. The van der Waals surface area contributed by atoms with E-state index in [-0.39, 0.29) is 5.91 Å². The van der Waals surface area contributed by atoms with Gasteiger partial charge in [0.25, 0.3) is 0 Å². The van der Waals surface area contributed by atoms with Crippen molar-refractivity contribution in [3.8, 4) is 0 Å². The molecule has 19 heavy (non-hydrogen) atoms. The Hall–Kier alpha value is -1.88. The van der Waals surface area contributed by atoms with E-state index in [0.29, 0.717) is 23.8 Å². The van der Waals surface area contributed by atoms with E-state index in [2.05, 4.69) is 15.2 Å². The Bertz CT molecular complexity index is 564. The van der Waals surface area contributed by atoms with Gasteiger partial charge in [0.05, 0.1) is 13.0 Å². The summed E-state index contributed by atoms with van der Waals surface area (Å²) in [6.45, 7) is 2.22. The molecule has 0 aliphatic carbocycles. The van der Waals surface area contributed by atoms with Gasteiger partial charge in [-0.15, -0.1) is 0 Å². The van der Waals surface area contributed by atoms with Gasteiger partial charge in [-0.1, -0.05) is 23.7 Å². The molecule has 100 valence electrons. The van der Waals surface area contributed by atoms with Crippen LogP contribution in [0.25, 0.3) is 0 Å². The predicted molar refractivity (Wildman–Crippen MR) is 72.7 cm³/mol. The lowest BCUT2D eigenvalue weighted by Gasteiger charge is -2.15. The Kier molecular flexibility index (Phi) is 4.16. The van der Waals surface area contributed by atoms with Crippen LogP contribution in [0.3, 0.4) is 0 Å². The summed E-state index contributed by atoms with van der Waals surface area (Å²) in [7, 11) is 1.74. The summed E-state index contributed by atoms with van der Waals surface area (Å²) < 4.78 is 0. The van der Waals surface area contributed by atoms with E-state index in [1.165, 1.54) is 0 Å². The molecule has 2 aromatic rings. The molecule has 6 heteroatoms. The first kappa shape index (κ1) is 13.5. The van der Waals surface area contributed by atoms with Crippen molar-refractivity contribution in [2.45, 2.75) is 19.9 Å². The van der Waals surface area contributed by atoms with Crippen molar-refractivity contribution in [3.63, 3.8) is 0 Å². The molecule has 1 aromatic carbocycles. The third-order valence-corrected chi connectivity index (χ3v) is 2.97. The van der Waals surface area contributed by atoms with Crippen molar-refractivity contribution in [3.05, 3.63) is 46.5 Å². The second-order valence-electron chi connectivity index (χ2n) is 4.39. The first-order valence-electron chi connectivity index (χ1n) is 5.91. The maximum Gasteiger partial charge on any atom is 0.227 e. The number of nitrogens with zero attached hydrogens (tertiary/aromatic N) is 3. The van der Waals surface area contributed by atoms with E-state index in [1.54, 1.807) is 24.1 Å². The molecule has 0 spiro atoms. The van der Waals surface area contributed by atoms with E-state index in [0.717, 1.165) is 11.4 Å². The Balaban J connectivity index is 1.94. The summed E-state index contributed by atoms with van der Waals surface area (Å²) in [5.41, 5.74) is 0.937. The summed E-state index contributed by atoms with van der Waals surface area (Å²) >= 11 is 5.81. The SMILES string of the molecule is Cc1nc(CN(C)C(=O)Cc2ccc(Cl)cc2)n[nH]1. The molecule has 0 atom stereocenters.